The summed E-state index contributed by atoms with van der Waals surface area (Å²) >= 11 is 0. The molecule has 2 unspecified atom stereocenters. The number of nitrogens with one attached hydrogen (secondary N) is 1. The lowest BCUT2D eigenvalue weighted by molar-refractivity contribution is -0.119. The van der Waals surface area contributed by atoms with Crippen LogP contribution in [0, 0.1) is 5.92 Å². The predicted molar refractivity (Wildman–Crippen MR) is 79.2 cm³/mol. The summed E-state index contributed by atoms with van der Waals surface area (Å²) in [7, 11) is 0. The van der Waals surface area contributed by atoms with Crippen molar-refractivity contribution in [2.24, 2.45) is 11.7 Å². The summed E-state index contributed by atoms with van der Waals surface area (Å²) in [6.07, 6.45) is 8.29. The molecular weight excluding hydrogens is 254 g/mol. The van der Waals surface area contributed by atoms with Gasteiger partial charge in [0.2, 0.25) is 5.91 Å². The van der Waals surface area contributed by atoms with Gasteiger partial charge in [-0.3, -0.25) is 9.69 Å². The number of aliphatic hydroxyl groups is 1. The van der Waals surface area contributed by atoms with E-state index in [0.29, 0.717) is 24.5 Å². The number of nitrogens with two attached hydrogens (primary N) is 1. The maximum atomic E-state index is 11.2. The Labute approximate surface area is 121 Å². The molecule has 0 spiro atoms. The smallest absolute Gasteiger partial charge is 0.231 e. The molecule has 1 saturated carbocycles. The van der Waals surface area contributed by atoms with Gasteiger partial charge in [-0.15, -0.1) is 0 Å². The minimum absolute atomic E-state index is 0.243. The fourth-order valence-corrected chi connectivity index (χ4v) is 3.79. The van der Waals surface area contributed by atoms with Gasteiger partial charge in [0, 0.05) is 31.8 Å². The Morgan fingerprint density at radius 1 is 1.25 bits per heavy atom. The average Bonchev–Trinajstić information content (AvgIpc) is 2.88. The summed E-state index contributed by atoms with van der Waals surface area (Å²) in [6, 6.07) is 1.13. The Hall–Kier alpha value is -0.650. The van der Waals surface area contributed by atoms with Crippen molar-refractivity contribution in [2.75, 3.05) is 26.2 Å². The zero-order chi connectivity index (χ0) is 14.4. The lowest BCUT2D eigenvalue weighted by Crippen LogP contribution is -2.53. The maximum absolute atomic E-state index is 11.2. The number of amides is 1. The second-order valence-corrected chi connectivity index (χ2v) is 6.47. The van der Waals surface area contributed by atoms with E-state index in [2.05, 4.69) is 10.2 Å². The molecule has 1 heterocycles. The van der Waals surface area contributed by atoms with E-state index in [1.54, 1.807) is 0 Å². The molecule has 0 aromatic rings. The fourth-order valence-electron chi connectivity index (χ4n) is 3.79. The van der Waals surface area contributed by atoms with Gasteiger partial charge in [0.05, 0.1) is 6.54 Å². The molecule has 116 valence electrons. The van der Waals surface area contributed by atoms with Crippen molar-refractivity contribution in [3.8, 4) is 0 Å². The van der Waals surface area contributed by atoms with Gasteiger partial charge in [-0.25, -0.2) is 0 Å². The molecule has 1 saturated heterocycles. The molecule has 5 heteroatoms. The van der Waals surface area contributed by atoms with Crippen LogP contribution >= 0.6 is 0 Å². The van der Waals surface area contributed by atoms with E-state index in [9.17, 15) is 4.79 Å². The number of nitrogens with zero attached hydrogens (tertiary/aromatic N) is 1. The van der Waals surface area contributed by atoms with E-state index >= 15 is 0 Å². The fraction of sp³-hybridized carbons (Fsp3) is 0.933. The van der Waals surface area contributed by atoms with Crippen LogP contribution in [0.4, 0.5) is 0 Å². The molecule has 1 aliphatic heterocycles. The first kappa shape index (κ1) is 15.7. The second-order valence-electron chi connectivity index (χ2n) is 6.47. The number of hydrogen-bond acceptors (Lipinski definition) is 4. The Kier molecular flexibility index (Phi) is 6.26. The van der Waals surface area contributed by atoms with Crippen molar-refractivity contribution < 1.29 is 9.90 Å². The quantitative estimate of drug-likeness (QED) is 0.634. The summed E-state index contributed by atoms with van der Waals surface area (Å²) in [5.74, 6) is 0.321. The summed E-state index contributed by atoms with van der Waals surface area (Å²) in [5, 5.41) is 12.8. The number of carbonyl (C=O) groups is 1. The molecule has 0 aromatic carbocycles. The molecule has 0 aromatic heterocycles. The van der Waals surface area contributed by atoms with Gasteiger partial charge in [0.1, 0.15) is 0 Å². The average molecular weight is 283 g/mol. The maximum Gasteiger partial charge on any atom is 0.231 e. The minimum Gasteiger partial charge on any atom is -0.396 e. The molecule has 2 aliphatic rings. The lowest BCUT2D eigenvalue weighted by Gasteiger charge is -2.39. The number of likely N-dealkylation sites (tertiary alicyclic amines) is 1. The molecule has 1 aliphatic carbocycles. The number of aliphatic hydroxyl groups excluding tert-OH is 1. The molecule has 4 N–H and O–H groups in total. The van der Waals surface area contributed by atoms with Crippen LogP contribution in [0.3, 0.4) is 0 Å². The van der Waals surface area contributed by atoms with Crippen LogP contribution in [0.2, 0.25) is 0 Å². The van der Waals surface area contributed by atoms with E-state index in [1.165, 1.54) is 25.7 Å². The van der Waals surface area contributed by atoms with E-state index < -0.39 is 0 Å². The third-order valence-corrected chi connectivity index (χ3v) is 4.59. The minimum atomic E-state index is -0.243. The normalized spacial score (nSPS) is 28.9. The Morgan fingerprint density at radius 3 is 2.65 bits per heavy atom. The predicted octanol–water partition coefficient (Wildman–Crippen LogP) is 0.467. The van der Waals surface area contributed by atoms with Crippen LogP contribution in [0.5, 0.6) is 0 Å². The van der Waals surface area contributed by atoms with Crippen molar-refractivity contribution in [3.63, 3.8) is 0 Å². The Balaban J connectivity index is 1.86. The summed E-state index contributed by atoms with van der Waals surface area (Å²) in [5.41, 5.74) is 5.34. The van der Waals surface area contributed by atoms with Crippen molar-refractivity contribution >= 4 is 5.91 Å². The SMILES string of the molecule is NC(=O)CN1CC(CCCO)CC(NC2CCCC2)C1. The van der Waals surface area contributed by atoms with Crippen LogP contribution in [0.25, 0.3) is 0 Å². The van der Waals surface area contributed by atoms with Crippen molar-refractivity contribution in [2.45, 2.75) is 57.0 Å². The largest absolute Gasteiger partial charge is 0.396 e. The molecule has 0 bridgehead atoms. The topological polar surface area (TPSA) is 78.6 Å². The van der Waals surface area contributed by atoms with Gasteiger partial charge < -0.3 is 16.2 Å². The van der Waals surface area contributed by atoms with E-state index in [1.807, 2.05) is 0 Å². The van der Waals surface area contributed by atoms with Gasteiger partial charge in [0.25, 0.3) is 0 Å². The van der Waals surface area contributed by atoms with Crippen LogP contribution in [-0.4, -0.2) is 54.2 Å². The highest BCUT2D eigenvalue weighted by Gasteiger charge is 2.29. The first-order valence-corrected chi connectivity index (χ1v) is 8.05. The van der Waals surface area contributed by atoms with Gasteiger partial charge in [-0.05, 0) is 38.0 Å². The van der Waals surface area contributed by atoms with E-state index in [0.717, 1.165) is 32.4 Å². The van der Waals surface area contributed by atoms with E-state index in [-0.39, 0.29) is 12.5 Å². The lowest BCUT2D eigenvalue weighted by atomic mass is 9.90. The zero-order valence-electron chi connectivity index (χ0n) is 12.4. The van der Waals surface area contributed by atoms with Crippen LogP contribution in [0.1, 0.15) is 44.9 Å². The van der Waals surface area contributed by atoms with Crippen LogP contribution < -0.4 is 11.1 Å². The van der Waals surface area contributed by atoms with Crippen LogP contribution in [-0.2, 0) is 4.79 Å². The van der Waals surface area contributed by atoms with Crippen molar-refractivity contribution in [1.29, 1.82) is 0 Å². The molecular formula is C15H29N3O2. The number of rotatable bonds is 7. The molecule has 2 rings (SSSR count). The van der Waals surface area contributed by atoms with Gasteiger partial charge in [-0.1, -0.05) is 12.8 Å². The van der Waals surface area contributed by atoms with Crippen molar-refractivity contribution in [3.05, 3.63) is 0 Å². The Bertz CT molecular complexity index is 305. The highest BCUT2D eigenvalue weighted by Crippen LogP contribution is 2.24. The summed E-state index contributed by atoms with van der Waals surface area (Å²) < 4.78 is 0. The highest BCUT2D eigenvalue weighted by molar-refractivity contribution is 5.75. The first-order valence-electron chi connectivity index (χ1n) is 8.05. The van der Waals surface area contributed by atoms with E-state index in [4.69, 9.17) is 10.8 Å². The number of primary amides is 1. The number of piperidine rings is 1. The molecule has 2 atom stereocenters. The van der Waals surface area contributed by atoms with Crippen molar-refractivity contribution in [1.82, 2.24) is 10.2 Å². The molecule has 2 fully saturated rings. The van der Waals surface area contributed by atoms with Gasteiger partial charge >= 0.3 is 0 Å². The standard InChI is InChI=1S/C15H29N3O2/c16-15(20)11-18-9-12(4-3-7-19)8-14(10-18)17-13-5-1-2-6-13/h12-14,17,19H,1-11H2,(H2,16,20). The monoisotopic (exact) mass is 283 g/mol. The Morgan fingerprint density at radius 2 is 2.00 bits per heavy atom. The number of hydrogen-bond donors (Lipinski definition) is 3. The molecule has 20 heavy (non-hydrogen) atoms. The number of carbonyl (C=O) groups excluding carboxylic acids is 1. The summed E-state index contributed by atoms with van der Waals surface area (Å²) in [6.45, 7) is 2.48. The van der Waals surface area contributed by atoms with Gasteiger partial charge in [0.15, 0.2) is 0 Å². The molecule has 5 nitrogen and oxygen atoms in total. The first-order chi connectivity index (χ1) is 9.67. The highest BCUT2D eigenvalue weighted by atomic mass is 16.2. The second kappa shape index (κ2) is 7.96. The summed E-state index contributed by atoms with van der Waals surface area (Å²) in [4.78, 5) is 13.3. The third kappa shape index (κ3) is 5.04. The zero-order valence-corrected chi connectivity index (χ0v) is 12.4. The third-order valence-electron chi connectivity index (χ3n) is 4.59. The molecule has 1 amide bonds. The van der Waals surface area contributed by atoms with Crippen LogP contribution in [0.15, 0.2) is 0 Å². The van der Waals surface area contributed by atoms with Gasteiger partial charge in [-0.2, -0.15) is 0 Å². The molecule has 0 radical (unpaired) electrons.